The zero-order valence-corrected chi connectivity index (χ0v) is 14.3. The van der Waals surface area contributed by atoms with E-state index in [0.717, 1.165) is 22.9 Å². The van der Waals surface area contributed by atoms with Gasteiger partial charge in [-0.2, -0.15) is 0 Å². The first kappa shape index (κ1) is 17.8. The van der Waals surface area contributed by atoms with E-state index in [-0.39, 0.29) is 18.6 Å². The van der Waals surface area contributed by atoms with Crippen LogP contribution in [0.1, 0.15) is 25.8 Å². The number of ether oxygens (including phenoxy) is 2. The maximum absolute atomic E-state index is 11.6. The van der Waals surface area contributed by atoms with Gasteiger partial charge in [0.15, 0.2) is 18.1 Å². The number of benzene rings is 1. The van der Waals surface area contributed by atoms with Crippen LogP contribution < -0.4 is 20.5 Å². The van der Waals surface area contributed by atoms with Crippen LogP contribution in [0.4, 0.5) is 0 Å². The van der Waals surface area contributed by atoms with Gasteiger partial charge in [0, 0.05) is 12.6 Å². The summed E-state index contributed by atoms with van der Waals surface area (Å²) in [5.41, 5.74) is 6.86. The lowest BCUT2D eigenvalue weighted by atomic mass is 10.1. The maximum Gasteiger partial charge on any atom is 0.257 e. The molecule has 118 valence electrons. The Bertz CT molecular complexity index is 478. The summed E-state index contributed by atoms with van der Waals surface area (Å²) >= 11 is 3.45. The highest BCUT2D eigenvalue weighted by Gasteiger charge is 2.14. The van der Waals surface area contributed by atoms with Crippen LogP contribution in [0.3, 0.4) is 0 Å². The van der Waals surface area contributed by atoms with E-state index in [1.807, 2.05) is 26.0 Å². The van der Waals surface area contributed by atoms with Gasteiger partial charge in [0.05, 0.1) is 11.6 Å². The second-order valence-corrected chi connectivity index (χ2v) is 5.78. The summed E-state index contributed by atoms with van der Waals surface area (Å²) in [5, 5.41) is 2.76. The third-order valence-corrected chi connectivity index (χ3v) is 3.36. The highest BCUT2D eigenvalue weighted by atomic mass is 79.9. The van der Waals surface area contributed by atoms with Crippen LogP contribution in [0.25, 0.3) is 0 Å². The van der Waals surface area contributed by atoms with Crippen molar-refractivity contribution in [3.05, 3.63) is 22.2 Å². The van der Waals surface area contributed by atoms with Crippen LogP contribution in [-0.2, 0) is 11.2 Å². The van der Waals surface area contributed by atoms with E-state index in [0.29, 0.717) is 18.0 Å². The molecule has 0 radical (unpaired) electrons. The summed E-state index contributed by atoms with van der Waals surface area (Å²) < 4.78 is 11.6. The predicted molar refractivity (Wildman–Crippen MR) is 86.8 cm³/mol. The molecule has 1 rings (SSSR count). The molecule has 0 heterocycles. The van der Waals surface area contributed by atoms with Gasteiger partial charge in [-0.1, -0.05) is 6.92 Å². The molecule has 1 aromatic rings. The first-order chi connectivity index (χ1) is 9.97. The Morgan fingerprint density at radius 1 is 1.48 bits per heavy atom. The van der Waals surface area contributed by atoms with Crippen molar-refractivity contribution in [2.45, 2.75) is 32.7 Å². The zero-order chi connectivity index (χ0) is 15.8. The Morgan fingerprint density at radius 3 is 2.76 bits per heavy atom. The van der Waals surface area contributed by atoms with Gasteiger partial charge in [-0.25, -0.2) is 0 Å². The SMILES string of the molecule is CCCNC(=O)COc1c(Br)cc(CC(C)N)cc1OC. The minimum Gasteiger partial charge on any atom is -0.493 e. The van der Waals surface area contributed by atoms with Crippen LogP contribution in [0, 0.1) is 0 Å². The Morgan fingerprint density at radius 2 is 2.19 bits per heavy atom. The van der Waals surface area contributed by atoms with Crippen molar-refractivity contribution in [1.82, 2.24) is 5.32 Å². The second kappa shape index (κ2) is 8.89. The van der Waals surface area contributed by atoms with Crippen LogP contribution in [0.5, 0.6) is 11.5 Å². The molecule has 1 unspecified atom stereocenters. The summed E-state index contributed by atoms with van der Waals surface area (Å²) in [4.78, 5) is 11.6. The van der Waals surface area contributed by atoms with Gasteiger partial charge in [0.25, 0.3) is 5.91 Å². The summed E-state index contributed by atoms with van der Waals surface area (Å²) in [7, 11) is 1.57. The minimum atomic E-state index is -0.148. The number of hydrogen-bond acceptors (Lipinski definition) is 4. The molecule has 0 fully saturated rings. The molecular formula is C15H23BrN2O3. The molecule has 0 saturated carbocycles. The molecule has 0 bridgehead atoms. The molecule has 6 heteroatoms. The van der Waals surface area contributed by atoms with E-state index < -0.39 is 0 Å². The van der Waals surface area contributed by atoms with Crippen molar-refractivity contribution in [3.63, 3.8) is 0 Å². The zero-order valence-electron chi connectivity index (χ0n) is 12.7. The van der Waals surface area contributed by atoms with E-state index in [1.54, 1.807) is 7.11 Å². The fraction of sp³-hybridized carbons (Fsp3) is 0.533. The smallest absolute Gasteiger partial charge is 0.257 e. The number of carbonyl (C=O) groups is 1. The largest absolute Gasteiger partial charge is 0.493 e. The molecule has 0 aromatic heterocycles. The molecular weight excluding hydrogens is 336 g/mol. The third kappa shape index (κ3) is 5.93. The van der Waals surface area contributed by atoms with Gasteiger partial charge in [-0.3, -0.25) is 4.79 Å². The highest BCUT2D eigenvalue weighted by molar-refractivity contribution is 9.10. The lowest BCUT2D eigenvalue weighted by Crippen LogP contribution is -2.29. The molecule has 0 saturated heterocycles. The van der Waals surface area contributed by atoms with Gasteiger partial charge in [0.1, 0.15) is 0 Å². The van der Waals surface area contributed by atoms with Gasteiger partial charge in [-0.05, 0) is 53.4 Å². The van der Waals surface area contributed by atoms with Gasteiger partial charge in [-0.15, -0.1) is 0 Å². The molecule has 1 aromatic carbocycles. The second-order valence-electron chi connectivity index (χ2n) is 4.93. The lowest BCUT2D eigenvalue weighted by molar-refractivity contribution is -0.123. The quantitative estimate of drug-likeness (QED) is 0.747. The molecule has 0 aliphatic heterocycles. The number of nitrogens with two attached hydrogens (primary N) is 1. The Labute approximate surface area is 134 Å². The molecule has 5 nitrogen and oxygen atoms in total. The number of methoxy groups -OCH3 is 1. The Kier molecular flexibility index (Phi) is 7.53. The van der Waals surface area contributed by atoms with Crippen molar-refractivity contribution in [2.75, 3.05) is 20.3 Å². The molecule has 0 aliphatic rings. The standard InChI is InChI=1S/C15H23BrN2O3/c1-4-5-18-14(19)9-21-15-12(16)7-11(6-10(2)17)8-13(15)20-3/h7-8,10H,4-6,9,17H2,1-3H3,(H,18,19). The number of carbonyl (C=O) groups excluding carboxylic acids is 1. The average molecular weight is 359 g/mol. The Hall–Kier alpha value is -1.27. The molecule has 21 heavy (non-hydrogen) atoms. The topological polar surface area (TPSA) is 73.6 Å². The van der Waals surface area contributed by atoms with Crippen LogP contribution in [-0.4, -0.2) is 32.2 Å². The first-order valence-electron chi connectivity index (χ1n) is 6.99. The number of amides is 1. The van der Waals surface area contributed by atoms with Crippen LogP contribution in [0.15, 0.2) is 16.6 Å². The fourth-order valence-corrected chi connectivity index (χ4v) is 2.46. The monoisotopic (exact) mass is 358 g/mol. The lowest BCUT2D eigenvalue weighted by Gasteiger charge is -2.15. The van der Waals surface area contributed by atoms with E-state index in [4.69, 9.17) is 15.2 Å². The molecule has 1 amide bonds. The van der Waals surface area contributed by atoms with E-state index in [1.165, 1.54) is 0 Å². The molecule has 3 N–H and O–H groups in total. The van der Waals surface area contributed by atoms with E-state index in [2.05, 4.69) is 21.2 Å². The summed E-state index contributed by atoms with van der Waals surface area (Å²) in [6.45, 7) is 4.55. The van der Waals surface area contributed by atoms with Crippen LogP contribution in [0.2, 0.25) is 0 Å². The van der Waals surface area contributed by atoms with Crippen molar-refractivity contribution < 1.29 is 14.3 Å². The van der Waals surface area contributed by atoms with Crippen molar-refractivity contribution in [3.8, 4) is 11.5 Å². The maximum atomic E-state index is 11.6. The van der Waals surface area contributed by atoms with E-state index >= 15 is 0 Å². The number of nitrogens with one attached hydrogen (secondary N) is 1. The fourth-order valence-electron chi connectivity index (χ4n) is 1.86. The van der Waals surface area contributed by atoms with Crippen molar-refractivity contribution in [1.29, 1.82) is 0 Å². The normalized spacial score (nSPS) is 11.9. The third-order valence-electron chi connectivity index (χ3n) is 2.77. The first-order valence-corrected chi connectivity index (χ1v) is 7.78. The van der Waals surface area contributed by atoms with Crippen molar-refractivity contribution >= 4 is 21.8 Å². The Balaban J connectivity index is 2.79. The van der Waals surface area contributed by atoms with E-state index in [9.17, 15) is 4.79 Å². The minimum absolute atomic E-state index is 0.0401. The average Bonchev–Trinajstić information content (AvgIpc) is 2.42. The van der Waals surface area contributed by atoms with Gasteiger partial charge < -0.3 is 20.5 Å². The number of hydrogen-bond donors (Lipinski definition) is 2. The summed E-state index contributed by atoms with van der Waals surface area (Å²) in [6, 6.07) is 3.88. The summed E-state index contributed by atoms with van der Waals surface area (Å²) in [6.07, 6.45) is 1.64. The van der Waals surface area contributed by atoms with Gasteiger partial charge in [0.2, 0.25) is 0 Å². The molecule has 0 aliphatic carbocycles. The predicted octanol–water partition coefficient (Wildman–Crippen LogP) is 2.25. The number of rotatable bonds is 8. The van der Waals surface area contributed by atoms with Gasteiger partial charge >= 0.3 is 0 Å². The highest BCUT2D eigenvalue weighted by Crippen LogP contribution is 2.36. The number of halogens is 1. The molecule has 1 atom stereocenters. The molecule has 0 spiro atoms. The van der Waals surface area contributed by atoms with Crippen LogP contribution >= 0.6 is 15.9 Å². The summed E-state index contributed by atoms with van der Waals surface area (Å²) in [5.74, 6) is 0.964. The van der Waals surface area contributed by atoms with Crippen molar-refractivity contribution in [2.24, 2.45) is 5.73 Å².